The van der Waals surface area contributed by atoms with Crippen LogP contribution in [0.15, 0.2) is 64.5 Å². The molecule has 0 aliphatic rings. The molecule has 2 aromatic carbocycles. The Balaban J connectivity index is 1.40. The number of anilines is 1. The Labute approximate surface area is 187 Å². The lowest BCUT2D eigenvalue weighted by molar-refractivity contribution is 0.306. The van der Waals surface area contributed by atoms with Crippen molar-refractivity contribution in [3.63, 3.8) is 0 Å². The minimum absolute atomic E-state index is 0.389. The van der Waals surface area contributed by atoms with Crippen LogP contribution in [0, 0.1) is 6.92 Å². The second-order valence-electron chi connectivity index (χ2n) is 7.02. The van der Waals surface area contributed by atoms with Crippen LogP contribution in [0.3, 0.4) is 0 Å². The number of halogens is 1. The third kappa shape index (κ3) is 3.85. The minimum atomic E-state index is 0.389. The normalized spacial score (nSPS) is 11.2. The molecule has 0 unspecified atom stereocenters. The third-order valence-electron chi connectivity index (χ3n) is 4.93. The molecule has 31 heavy (non-hydrogen) atoms. The Hall–Kier alpha value is -3.42. The lowest BCUT2D eigenvalue weighted by Crippen LogP contribution is -1.98. The third-order valence-corrected chi connectivity index (χ3v) is 6.17. The Morgan fingerprint density at radius 3 is 2.58 bits per heavy atom. The van der Waals surface area contributed by atoms with E-state index in [1.807, 2.05) is 43.3 Å². The summed E-state index contributed by atoms with van der Waals surface area (Å²) in [6, 6.07) is 15.0. The largest absolute Gasteiger partial charge is 0.489 e. The summed E-state index contributed by atoms with van der Waals surface area (Å²) in [5.41, 5.74) is 9.67. The predicted octanol–water partition coefficient (Wildman–Crippen LogP) is 6.14. The maximum Gasteiger partial charge on any atom is 0.248 e. The number of hydrogen-bond donors (Lipinski definition) is 1. The highest BCUT2D eigenvalue weighted by Gasteiger charge is 2.14. The molecule has 0 saturated carbocycles. The van der Waals surface area contributed by atoms with Crippen LogP contribution in [0.1, 0.15) is 11.1 Å². The van der Waals surface area contributed by atoms with Gasteiger partial charge in [-0.2, -0.15) is 0 Å². The van der Waals surface area contributed by atoms with E-state index >= 15 is 0 Å². The zero-order valence-corrected chi connectivity index (χ0v) is 18.1. The van der Waals surface area contributed by atoms with E-state index in [0.717, 1.165) is 38.1 Å². The molecule has 0 bridgehead atoms. The van der Waals surface area contributed by atoms with Crippen LogP contribution in [0.5, 0.6) is 5.75 Å². The molecule has 0 amide bonds. The van der Waals surface area contributed by atoms with Gasteiger partial charge in [0.05, 0.1) is 0 Å². The van der Waals surface area contributed by atoms with Crippen molar-refractivity contribution in [3.8, 4) is 28.7 Å². The van der Waals surface area contributed by atoms with Gasteiger partial charge in [0.1, 0.15) is 18.2 Å². The number of ether oxygens (including phenoxy) is 1. The Bertz CT molecular complexity index is 1380. The summed E-state index contributed by atoms with van der Waals surface area (Å²) in [7, 11) is 0. The number of nitrogens with two attached hydrogens (primary N) is 1. The highest BCUT2D eigenvalue weighted by molar-refractivity contribution is 7.17. The van der Waals surface area contributed by atoms with E-state index in [0.29, 0.717) is 29.2 Å². The molecule has 5 aromatic rings. The van der Waals surface area contributed by atoms with Gasteiger partial charge in [-0.15, -0.1) is 21.5 Å². The molecule has 0 aliphatic heterocycles. The minimum Gasteiger partial charge on any atom is -0.489 e. The second kappa shape index (κ2) is 8.02. The van der Waals surface area contributed by atoms with Crippen LogP contribution in [0.25, 0.3) is 33.0 Å². The van der Waals surface area contributed by atoms with Gasteiger partial charge in [-0.1, -0.05) is 17.7 Å². The molecule has 0 saturated heterocycles. The Morgan fingerprint density at radius 2 is 1.77 bits per heavy atom. The quantitative estimate of drug-likeness (QED) is 0.347. The number of fused-ring (bicyclic) bond motifs is 1. The number of rotatable bonds is 5. The molecule has 0 aliphatic carbocycles. The van der Waals surface area contributed by atoms with Crippen LogP contribution < -0.4 is 10.5 Å². The van der Waals surface area contributed by atoms with Gasteiger partial charge in [0.2, 0.25) is 11.8 Å². The number of nitrogens with zero attached hydrogens (tertiary/aromatic N) is 3. The molecule has 0 radical (unpaired) electrons. The molecular weight excluding hydrogens is 432 g/mol. The van der Waals surface area contributed by atoms with Crippen molar-refractivity contribution in [2.75, 3.05) is 5.73 Å². The summed E-state index contributed by atoms with van der Waals surface area (Å²) < 4.78 is 13.1. The molecule has 0 spiro atoms. The first kappa shape index (κ1) is 19.5. The van der Waals surface area contributed by atoms with E-state index in [1.54, 1.807) is 29.7 Å². The molecule has 6 nitrogen and oxygen atoms in total. The predicted molar refractivity (Wildman–Crippen MR) is 123 cm³/mol. The fraction of sp³-hybridized carbons (Fsp3) is 0.0870. The highest BCUT2D eigenvalue weighted by atomic mass is 35.5. The van der Waals surface area contributed by atoms with E-state index in [4.69, 9.17) is 26.5 Å². The number of benzene rings is 2. The van der Waals surface area contributed by atoms with Gasteiger partial charge < -0.3 is 14.9 Å². The highest BCUT2D eigenvalue weighted by Crippen LogP contribution is 2.32. The maximum atomic E-state index is 6.13. The van der Waals surface area contributed by atoms with Gasteiger partial charge in [-0.05, 0) is 60.3 Å². The first-order valence-corrected chi connectivity index (χ1v) is 10.8. The van der Waals surface area contributed by atoms with E-state index in [1.165, 1.54) is 0 Å². The molecule has 8 heteroatoms. The molecule has 0 fully saturated rings. The van der Waals surface area contributed by atoms with E-state index in [2.05, 4.69) is 20.6 Å². The van der Waals surface area contributed by atoms with Crippen LogP contribution >= 0.6 is 22.9 Å². The smallest absolute Gasteiger partial charge is 0.248 e. The summed E-state index contributed by atoms with van der Waals surface area (Å²) in [6.45, 7) is 2.38. The van der Waals surface area contributed by atoms with Crippen LogP contribution in [0.4, 0.5) is 5.82 Å². The van der Waals surface area contributed by atoms with Crippen molar-refractivity contribution in [1.29, 1.82) is 0 Å². The standard InChI is InChI=1S/C23H17ClN4O2S/c1-13-2-3-15(23-28-27-22(30-23)14-4-6-17(24)7-5-14)10-18(13)29-11-16-12-31-19-8-9-26-21(25)20(16)19/h2-10,12H,11H2,1H3,(H2,25,26). The van der Waals surface area contributed by atoms with Gasteiger partial charge >= 0.3 is 0 Å². The van der Waals surface area contributed by atoms with Gasteiger partial charge in [0.15, 0.2) is 0 Å². The van der Waals surface area contributed by atoms with Gasteiger partial charge in [0.25, 0.3) is 0 Å². The molecule has 3 heterocycles. The topological polar surface area (TPSA) is 87.1 Å². The van der Waals surface area contributed by atoms with Crippen LogP contribution in [-0.2, 0) is 6.61 Å². The average molecular weight is 449 g/mol. The van der Waals surface area contributed by atoms with E-state index in [9.17, 15) is 0 Å². The first-order chi connectivity index (χ1) is 15.1. The number of hydrogen-bond acceptors (Lipinski definition) is 7. The van der Waals surface area contributed by atoms with E-state index < -0.39 is 0 Å². The molecule has 154 valence electrons. The summed E-state index contributed by atoms with van der Waals surface area (Å²) in [5, 5.41) is 12.0. The molecule has 2 N–H and O–H groups in total. The van der Waals surface area contributed by atoms with Crippen LogP contribution in [0.2, 0.25) is 5.02 Å². The molecule has 0 atom stereocenters. The van der Waals surface area contributed by atoms with Crippen molar-refractivity contribution < 1.29 is 9.15 Å². The summed E-state index contributed by atoms with van der Waals surface area (Å²) in [5.74, 6) is 2.11. The average Bonchev–Trinajstić information content (AvgIpc) is 3.42. The number of aryl methyl sites for hydroxylation is 1. The van der Waals surface area contributed by atoms with Crippen molar-refractivity contribution in [1.82, 2.24) is 15.2 Å². The monoisotopic (exact) mass is 448 g/mol. The van der Waals surface area contributed by atoms with E-state index in [-0.39, 0.29) is 0 Å². The summed E-state index contributed by atoms with van der Waals surface area (Å²) >= 11 is 7.58. The second-order valence-corrected chi connectivity index (χ2v) is 8.37. The number of nitrogen functional groups attached to an aromatic ring is 1. The fourth-order valence-corrected chi connectivity index (χ4v) is 4.35. The van der Waals surface area contributed by atoms with Gasteiger partial charge in [-0.3, -0.25) is 0 Å². The fourth-order valence-electron chi connectivity index (χ4n) is 3.27. The lowest BCUT2D eigenvalue weighted by atomic mass is 10.1. The van der Waals surface area contributed by atoms with Crippen molar-refractivity contribution in [2.24, 2.45) is 0 Å². The summed E-state index contributed by atoms with van der Waals surface area (Å²) in [4.78, 5) is 4.19. The number of thiophene rings is 1. The zero-order chi connectivity index (χ0) is 21.4. The Morgan fingerprint density at radius 1 is 1.03 bits per heavy atom. The van der Waals surface area contributed by atoms with Crippen molar-refractivity contribution in [3.05, 3.63) is 76.3 Å². The summed E-state index contributed by atoms with van der Waals surface area (Å²) in [6.07, 6.45) is 1.72. The van der Waals surface area contributed by atoms with Crippen molar-refractivity contribution in [2.45, 2.75) is 13.5 Å². The van der Waals surface area contributed by atoms with Crippen molar-refractivity contribution >= 4 is 38.8 Å². The molecule has 3 aromatic heterocycles. The van der Waals surface area contributed by atoms with Gasteiger partial charge in [-0.25, -0.2) is 4.98 Å². The number of pyridine rings is 1. The maximum absolute atomic E-state index is 6.13. The zero-order valence-electron chi connectivity index (χ0n) is 16.5. The lowest BCUT2D eigenvalue weighted by Gasteiger charge is -2.10. The van der Waals surface area contributed by atoms with Gasteiger partial charge in [0, 0.05) is 38.0 Å². The molecule has 5 rings (SSSR count). The Kier molecular flexibility index (Phi) is 5.05. The molecular formula is C23H17ClN4O2S. The first-order valence-electron chi connectivity index (χ1n) is 9.52. The number of aromatic nitrogens is 3. The van der Waals surface area contributed by atoms with Crippen LogP contribution in [-0.4, -0.2) is 15.2 Å². The SMILES string of the molecule is Cc1ccc(-c2nnc(-c3ccc(Cl)cc3)o2)cc1OCc1csc2ccnc(N)c12.